The number of nitrogens with one attached hydrogen (secondary N) is 1. The number of nitrogens with zero attached hydrogens (tertiary/aromatic N) is 2. The number of carbonyl (C=O) groups is 1. The topological polar surface area (TPSA) is 59.9 Å². The summed E-state index contributed by atoms with van der Waals surface area (Å²) in [6.45, 7) is 1.01. The molecule has 1 N–H and O–H groups in total. The molecule has 4 heteroatoms. The molecule has 0 atom stereocenters. The highest BCUT2D eigenvalue weighted by Crippen LogP contribution is 2.18. The Hall–Kier alpha value is -2.12. The molecule has 2 aromatic rings. The molecule has 0 unspecified atom stereocenters. The molecule has 92 valence electrons. The number of aromatic amines is 1. The predicted molar refractivity (Wildman–Crippen MR) is 69.9 cm³/mol. The van der Waals surface area contributed by atoms with Crippen molar-refractivity contribution in [2.24, 2.45) is 0 Å². The number of para-hydroxylation sites is 1. The molecule has 0 aliphatic heterocycles. The van der Waals surface area contributed by atoms with Gasteiger partial charge in [0.25, 0.3) is 0 Å². The summed E-state index contributed by atoms with van der Waals surface area (Å²) in [7, 11) is 1.89. The molecule has 2 rings (SSSR count). The molecule has 0 radical (unpaired) electrons. The molecule has 0 aliphatic carbocycles. The number of nitriles is 1. The van der Waals surface area contributed by atoms with Crippen molar-refractivity contribution >= 4 is 16.7 Å². The Bertz CT molecular complexity index is 594. The van der Waals surface area contributed by atoms with Crippen LogP contribution in [0, 0.1) is 11.3 Å². The van der Waals surface area contributed by atoms with Crippen LogP contribution in [-0.4, -0.2) is 29.3 Å². The van der Waals surface area contributed by atoms with Crippen molar-refractivity contribution in [3.8, 4) is 6.07 Å². The Kier molecular flexibility index (Phi) is 3.75. The second-order valence-electron chi connectivity index (χ2n) is 4.41. The van der Waals surface area contributed by atoms with E-state index in [2.05, 4.69) is 11.1 Å². The fraction of sp³-hybridized carbons (Fsp3) is 0.286. The molecule has 4 nitrogen and oxygen atoms in total. The van der Waals surface area contributed by atoms with Gasteiger partial charge in [0, 0.05) is 23.6 Å². The largest absolute Gasteiger partial charge is 0.361 e. The van der Waals surface area contributed by atoms with Crippen LogP contribution in [0.1, 0.15) is 12.0 Å². The molecule has 0 spiro atoms. The first-order chi connectivity index (χ1) is 8.70. The maximum absolute atomic E-state index is 11.4. The highest BCUT2D eigenvalue weighted by Gasteiger charge is 2.09. The summed E-state index contributed by atoms with van der Waals surface area (Å²) in [5.74, 6) is -0.0418. The molecule has 18 heavy (non-hydrogen) atoms. The minimum Gasteiger partial charge on any atom is -0.361 e. The van der Waals surface area contributed by atoms with Crippen LogP contribution in [0.4, 0.5) is 0 Å². The average molecular weight is 241 g/mol. The lowest BCUT2D eigenvalue weighted by Gasteiger charge is -2.14. The van der Waals surface area contributed by atoms with Gasteiger partial charge in [-0.15, -0.1) is 0 Å². The van der Waals surface area contributed by atoms with E-state index in [9.17, 15) is 4.79 Å². The summed E-state index contributed by atoms with van der Waals surface area (Å²) in [6.07, 6.45) is 1.95. The summed E-state index contributed by atoms with van der Waals surface area (Å²) in [6, 6.07) is 9.96. The highest BCUT2D eigenvalue weighted by atomic mass is 16.1. The molecule has 0 saturated carbocycles. The maximum Gasteiger partial charge on any atom is 0.160 e. The van der Waals surface area contributed by atoms with E-state index in [1.807, 2.05) is 42.4 Å². The molecule has 1 aromatic heterocycles. The molecule has 0 fully saturated rings. The molecule has 0 saturated heterocycles. The molecule has 0 amide bonds. The van der Waals surface area contributed by atoms with Crippen molar-refractivity contribution in [3.05, 3.63) is 36.0 Å². The molecule has 0 bridgehead atoms. The lowest BCUT2D eigenvalue weighted by Crippen LogP contribution is -2.25. The van der Waals surface area contributed by atoms with E-state index in [-0.39, 0.29) is 12.2 Å². The summed E-state index contributed by atoms with van der Waals surface area (Å²) >= 11 is 0. The fourth-order valence-electron chi connectivity index (χ4n) is 2.05. The Morgan fingerprint density at radius 1 is 1.44 bits per heavy atom. The van der Waals surface area contributed by atoms with Crippen LogP contribution < -0.4 is 0 Å². The van der Waals surface area contributed by atoms with E-state index in [1.165, 1.54) is 5.39 Å². The Labute approximate surface area is 106 Å². The Morgan fingerprint density at radius 2 is 2.22 bits per heavy atom. The van der Waals surface area contributed by atoms with Crippen LogP contribution in [0.3, 0.4) is 0 Å². The van der Waals surface area contributed by atoms with Crippen molar-refractivity contribution in [1.82, 2.24) is 9.88 Å². The number of hydrogen-bond donors (Lipinski definition) is 1. The molecular formula is C14H15N3O. The van der Waals surface area contributed by atoms with Crippen LogP contribution in [-0.2, 0) is 11.3 Å². The minimum absolute atomic E-state index is 0.0157. The van der Waals surface area contributed by atoms with Gasteiger partial charge in [-0.3, -0.25) is 9.69 Å². The standard InChI is InChI=1S/C14H15N3O/c1-17(10-12(18)6-7-15)9-11-8-16-14-5-3-2-4-13(11)14/h2-5,8,16H,6,9-10H2,1H3. The first-order valence-corrected chi connectivity index (χ1v) is 5.83. The lowest BCUT2D eigenvalue weighted by atomic mass is 10.1. The van der Waals surface area contributed by atoms with E-state index >= 15 is 0 Å². The maximum atomic E-state index is 11.4. The number of H-pyrrole nitrogens is 1. The number of carbonyl (C=O) groups excluding carboxylic acids is 1. The van der Waals surface area contributed by atoms with Gasteiger partial charge in [0.05, 0.1) is 19.0 Å². The monoisotopic (exact) mass is 241 g/mol. The lowest BCUT2D eigenvalue weighted by molar-refractivity contribution is -0.119. The molecular weight excluding hydrogens is 226 g/mol. The van der Waals surface area contributed by atoms with E-state index in [4.69, 9.17) is 5.26 Å². The Morgan fingerprint density at radius 3 is 3.00 bits per heavy atom. The van der Waals surface area contributed by atoms with Crippen LogP contribution in [0.15, 0.2) is 30.5 Å². The number of fused-ring (bicyclic) bond motifs is 1. The van der Waals surface area contributed by atoms with E-state index in [0.717, 1.165) is 11.1 Å². The number of aromatic nitrogens is 1. The number of Topliss-reactive ketones (excluding diaryl/α,β-unsaturated/α-hetero) is 1. The van der Waals surface area contributed by atoms with Crippen molar-refractivity contribution in [2.75, 3.05) is 13.6 Å². The first kappa shape index (κ1) is 12.3. The fourth-order valence-corrected chi connectivity index (χ4v) is 2.05. The SMILES string of the molecule is CN(CC(=O)CC#N)Cc1c[nH]c2ccccc12. The quantitative estimate of drug-likeness (QED) is 0.871. The number of rotatable bonds is 5. The first-order valence-electron chi connectivity index (χ1n) is 5.83. The van der Waals surface area contributed by atoms with Crippen LogP contribution in [0.25, 0.3) is 10.9 Å². The van der Waals surface area contributed by atoms with Crippen LogP contribution in [0.5, 0.6) is 0 Å². The van der Waals surface area contributed by atoms with E-state index < -0.39 is 0 Å². The molecule has 0 aliphatic rings. The third kappa shape index (κ3) is 2.76. The number of likely N-dealkylation sites (N-methyl/N-ethyl adjacent to an activating group) is 1. The van der Waals surface area contributed by atoms with Crippen LogP contribution >= 0.6 is 0 Å². The smallest absolute Gasteiger partial charge is 0.160 e. The highest BCUT2D eigenvalue weighted by molar-refractivity contribution is 5.84. The average Bonchev–Trinajstić information content (AvgIpc) is 2.73. The van der Waals surface area contributed by atoms with Gasteiger partial charge in [-0.2, -0.15) is 5.26 Å². The van der Waals surface area contributed by atoms with E-state index in [0.29, 0.717) is 13.1 Å². The van der Waals surface area contributed by atoms with Gasteiger partial charge in [0.1, 0.15) is 0 Å². The second-order valence-corrected chi connectivity index (χ2v) is 4.41. The summed E-state index contributed by atoms with van der Waals surface area (Å²) < 4.78 is 0. The third-order valence-electron chi connectivity index (χ3n) is 2.84. The minimum atomic E-state index is -0.0418. The zero-order chi connectivity index (χ0) is 13.0. The number of benzene rings is 1. The summed E-state index contributed by atoms with van der Waals surface area (Å²) in [5, 5.41) is 9.63. The van der Waals surface area contributed by atoms with Gasteiger partial charge in [-0.05, 0) is 18.7 Å². The summed E-state index contributed by atoms with van der Waals surface area (Å²) in [5.41, 5.74) is 2.27. The van der Waals surface area contributed by atoms with Gasteiger partial charge in [0.15, 0.2) is 5.78 Å². The van der Waals surface area contributed by atoms with E-state index in [1.54, 1.807) is 0 Å². The van der Waals surface area contributed by atoms with Crippen molar-refractivity contribution < 1.29 is 4.79 Å². The van der Waals surface area contributed by atoms with Gasteiger partial charge in [-0.1, -0.05) is 18.2 Å². The zero-order valence-corrected chi connectivity index (χ0v) is 10.3. The van der Waals surface area contributed by atoms with Gasteiger partial charge >= 0.3 is 0 Å². The van der Waals surface area contributed by atoms with Crippen molar-refractivity contribution in [1.29, 1.82) is 5.26 Å². The van der Waals surface area contributed by atoms with Crippen molar-refractivity contribution in [3.63, 3.8) is 0 Å². The molecule has 1 heterocycles. The number of hydrogen-bond acceptors (Lipinski definition) is 3. The molecule has 1 aromatic carbocycles. The van der Waals surface area contributed by atoms with Crippen molar-refractivity contribution in [2.45, 2.75) is 13.0 Å². The van der Waals surface area contributed by atoms with Gasteiger partial charge in [0.2, 0.25) is 0 Å². The van der Waals surface area contributed by atoms with Crippen LogP contribution in [0.2, 0.25) is 0 Å². The third-order valence-corrected chi connectivity index (χ3v) is 2.84. The Balaban J connectivity index is 2.05. The van der Waals surface area contributed by atoms with Gasteiger partial charge < -0.3 is 4.98 Å². The normalized spacial score (nSPS) is 10.7. The second kappa shape index (κ2) is 5.48. The summed E-state index contributed by atoms with van der Waals surface area (Å²) in [4.78, 5) is 16.5. The van der Waals surface area contributed by atoms with Gasteiger partial charge in [-0.25, -0.2) is 0 Å². The zero-order valence-electron chi connectivity index (χ0n) is 10.3. The predicted octanol–water partition coefficient (Wildman–Crippen LogP) is 2.08. The number of ketones is 1.